The van der Waals surface area contributed by atoms with E-state index in [2.05, 4.69) is 48.5 Å². The summed E-state index contributed by atoms with van der Waals surface area (Å²) in [7, 11) is 0. The second-order valence-corrected chi connectivity index (χ2v) is 10.7. The Morgan fingerprint density at radius 2 is 1.45 bits per heavy atom. The summed E-state index contributed by atoms with van der Waals surface area (Å²) in [5.74, 6) is 0. The first-order valence-corrected chi connectivity index (χ1v) is 10.5. The van der Waals surface area contributed by atoms with Crippen molar-refractivity contribution in [2.75, 3.05) is 0 Å². The molecule has 0 spiro atoms. The summed E-state index contributed by atoms with van der Waals surface area (Å²) < 4.78 is 7.59. The number of rotatable bonds is 0. The first kappa shape index (κ1) is 11.8. The van der Waals surface area contributed by atoms with E-state index in [0.717, 1.165) is 0 Å². The summed E-state index contributed by atoms with van der Waals surface area (Å²) in [6.45, 7) is 0. The van der Waals surface area contributed by atoms with Crippen molar-refractivity contribution in [3.63, 3.8) is 0 Å². The zero-order chi connectivity index (χ0) is 13.1. The zero-order valence-electron chi connectivity index (χ0n) is 10.3. The first-order chi connectivity index (χ1) is 9.90. The van der Waals surface area contributed by atoms with Crippen molar-refractivity contribution in [3.05, 3.63) is 48.5 Å². The molecule has 96 valence electrons. The van der Waals surface area contributed by atoms with Gasteiger partial charge in [0.1, 0.15) is 0 Å². The second kappa shape index (κ2) is 4.36. The maximum absolute atomic E-state index is 2.28. The zero-order valence-corrected chi connectivity index (χ0v) is 14.4. The van der Waals surface area contributed by atoms with E-state index in [0.29, 0.717) is 15.0 Å². The van der Waals surface area contributed by atoms with Crippen molar-refractivity contribution in [3.8, 4) is 0 Å². The van der Waals surface area contributed by atoms with Gasteiger partial charge < -0.3 is 0 Å². The molecule has 0 fully saturated rings. The third kappa shape index (κ3) is 1.60. The van der Waals surface area contributed by atoms with Crippen LogP contribution in [0.15, 0.2) is 57.6 Å². The molecule has 20 heavy (non-hydrogen) atoms. The van der Waals surface area contributed by atoms with Crippen molar-refractivity contribution in [1.29, 1.82) is 0 Å². The number of thiophene rings is 2. The van der Waals surface area contributed by atoms with Crippen molar-refractivity contribution < 1.29 is 0 Å². The molecular weight excluding hydrogens is 367 g/mol. The van der Waals surface area contributed by atoms with Gasteiger partial charge in [0.15, 0.2) is 0 Å². The molecule has 0 atom stereocenters. The van der Waals surface area contributed by atoms with Crippen LogP contribution in [-0.4, -0.2) is 15.0 Å². The van der Waals surface area contributed by atoms with E-state index in [1.807, 2.05) is 34.4 Å². The molecule has 2 aromatic carbocycles. The number of hydrogen-bond donors (Lipinski definition) is 0. The van der Waals surface area contributed by atoms with Crippen LogP contribution in [0.3, 0.4) is 0 Å². The van der Waals surface area contributed by atoms with Gasteiger partial charge in [0.2, 0.25) is 0 Å². The number of hydrogen-bond acceptors (Lipinski definition) is 3. The van der Waals surface area contributed by atoms with E-state index >= 15 is 0 Å². The Kier molecular flexibility index (Phi) is 2.58. The van der Waals surface area contributed by atoms with E-state index in [9.17, 15) is 0 Å². The molecule has 4 heteroatoms. The Hall–Kier alpha value is -0.771. The second-order valence-electron chi connectivity index (χ2n) is 4.63. The maximum atomic E-state index is 2.28. The molecule has 0 saturated carbocycles. The summed E-state index contributed by atoms with van der Waals surface area (Å²) in [4.78, 5) is 1.52. The molecule has 0 saturated heterocycles. The van der Waals surface area contributed by atoms with Gasteiger partial charge in [0.05, 0.1) is 0 Å². The van der Waals surface area contributed by atoms with Crippen LogP contribution < -0.4 is 8.24 Å². The van der Waals surface area contributed by atoms with Gasteiger partial charge in [-0.3, -0.25) is 0 Å². The van der Waals surface area contributed by atoms with Gasteiger partial charge in [0.25, 0.3) is 0 Å². The van der Waals surface area contributed by atoms with Gasteiger partial charge in [0, 0.05) is 0 Å². The molecule has 2 aromatic heterocycles. The molecule has 0 unspecified atom stereocenters. The first-order valence-electron chi connectivity index (χ1n) is 6.29. The van der Waals surface area contributed by atoms with E-state index in [1.165, 1.54) is 29.3 Å². The topological polar surface area (TPSA) is 0 Å². The Balaban J connectivity index is 1.79. The van der Waals surface area contributed by atoms with Crippen LogP contribution >= 0.6 is 34.4 Å². The predicted molar refractivity (Wildman–Crippen MR) is 92.8 cm³/mol. The average Bonchev–Trinajstić information content (AvgIpc) is 3.02. The molecule has 1 aliphatic rings. The number of benzene rings is 2. The minimum absolute atomic E-state index is 0.458. The van der Waals surface area contributed by atoms with Crippen LogP contribution in [0.1, 0.15) is 0 Å². The van der Waals surface area contributed by atoms with Crippen molar-refractivity contribution in [1.82, 2.24) is 0 Å². The molecule has 0 N–H and O–H groups in total. The van der Waals surface area contributed by atoms with Crippen LogP contribution in [0.4, 0.5) is 0 Å². The molecule has 0 aliphatic carbocycles. The Labute approximate surface area is 135 Å². The molecule has 0 amide bonds. The Morgan fingerprint density at radius 1 is 0.750 bits per heavy atom. The summed E-state index contributed by atoms with van der Waals surface area (Å²) in [5.41, 5.74) is 0. The van der Waals surface area contributed by atoms with Gasteiger partial charge in [-0.1, -0.05) is 0 Å². The Bertz CT molecular complexity index is 884. The standard InChI is InChI=1S/C16H8S3Se/c1-3-7-11-9(5-1)13-16(18-11)20-14-10-6-2-4-8-12(10)17-15(14)19-13/h1-8H. The molecule has 0 nitrogen and oxygen atoms in total. The van der Waals surface area contributed by atoms with Gasteiger partial charge in [-0.15, -0.1) is 0 Å². The van der Waals surface area contributed by atoms with E-state index < -0.39 is 0 Å². The van der Waals surface area contributed by atoms with E-state index in [-0.39, 0.29) is 0 Å². The number of fused-ring (bicyclic) bond motifs is 6. The molecular formula is C16H8S3Se. The van der Waals surface area contributed by atoms with Gasteiger partial charge in [-0.25, -0.2) is 0 Å². The SMILES string of the molecule is c1ccc2c3c(sc2c1)[Se]c1c(sc2ccccc12)S3. The third-order valence-corrected chi connectivity index (χ3v) is 11.0. The minimum atomic E-state index is 0.458. The monoisotopic (exact) mass is 376 g/mol. The molecule has 4 aromatic rings. The third-order valence-electron chi connectivity index (χ3n) is 3.43. The summed E-state index contributed by atoms with van der Waals surface area (Å²) in [6, 6.07) is 17.7. The van der Waals surface area contributed by atoms with Crippen LogP contribution in [-0.2, 0) is 0 Å². The molecule has 0 radical (unpaired) electrons. The quantitative estimate of drug-likeness (QED) is 0.365. The van der Waals surface area contributed by atoms with E-state index in [1.54, 1.807) is 8.24 Å². The fourth-order valence-corrected chi connectivity index (χ4v) is 10.4. The molecule has 0 bridgehead atoms. The summed E-state index contributed by atoms with van der Waals surface area (Å²) >= 11 is 6.39. The normalized spacial score (nSPS) is 13.6. The fraction of sp³-hybridized carbons (Fsp3) is 0. The van der Waals surface area contributed by atoms with Crippen molar-refractivity contribution >= 4 is 77.8 Å². The van der Waals surface area contributed by atoms with Gasteiger partial charge >= 0.3 is 135 Å². The van der Waals surface area contributed by atoms with Crippen LogP contribution in [0, 0.1) is 0 Å². The van der Waals surface area contributed by atoms with Crippen molar-refractivity contribution in [2.45, 2.75) is 9.10 Å². The van der Waals surface area contributed by atoms with Crippen LogP contribution in [0.25, 0.3) is 20.2 Å². The molecule has 5 rings (SSSR count). The van der Waals surface area contributed by atoms with Crippen LogP contribution in [0.2, 0.25) is 0 Å². The van der Waals surface area contributed by atoms with Gasteiger partial charge in [-0.05, 0) is 0 Å². The van der Waals surface area contributed by atoms with Gasteiger partial charge in [-0.2, -0.15) is 0 Å². The average molecular weight is 375 g/mol. The predicted octanol–water partition coefficient (Wildman–Crippen LogP) is 4.24. The van der Waals surface area contributed by atoms with Crippen LogP contribution in [0.5, 0.6) is 0 Å². The summed E-state index contributed by atoms with van der Waals surface area (Å²) in [5, 5.41) is 2.92. The Morgan fingerprint density at radius 3 is 2.30 bits per heavy atom. The molecule has 1 aliphatic heterocycles. The fourth-order valence-electron chi connectivity index (χ4n) is 2.51. The van der Waals surface area contributed by atoms with E-state index in [4.69, 9.17) is 0 Å². The van der Waals surface area contributed by atoms with Crippen molar-refractivity contribution in [2.24, 2.45) is 0 Å². The molecule has 3 heterocycles. The summed E-state index contributed by atoms with van der Waals surface area (Å²) in [6.07, 6.45) is 0.